The van der Waals surface area contributed by atoms with Crippen LogP contribution in [0.4, 0.5) is 14.3 Å². The first-order valence-corrected chi connectivity index (χ1v) is 11.9. The summed E-state index contributed by atoms with van der Waals surface area (Å²) in [4.78, 5) is 53.1. The fraction of sp³-hybridized carbons (Fsp3) is 0.353. The molecule has 172 valence electrons. The van der Waals surface area contributed by atoms with Crippen molar-refractivity contribution in [3.63, 3.8) is 0 Å². The summed E-state index contributed by atoms with van der Waals surface area (Å²) >= 11 is 3.37. The van der Waals surface area contributed by atoms with E-state index >= 15 is 0 Å². The van der Waals surface area contributed by atoms with Gasteiger partial charge in [0.15, 0.2) is 5.13 Å². The van der Waals surface area contributed by atoms with Crippen LogP contribution in [0.25, 0.3) is 5.57 Å². The number of thioether (sulfide) groups is 2. The van der Waals surface area contributed by atoms with Crippen LogP contribution in [-0.2, 0) is 19.1 Å². The van der Waals surface area contributed by atoms with Gasteiger partial charge in [-0.25, -0.2) is 9.78 Å². The van der Waals surface area contributed by atoms with Gasteiger partial charge >= 0.3 is 12.1 Å². The van der Waals surface area contributed by atoms with E-state index in [1.807, 2.05) is 0 Å². The minimum absolute atomic E-state index is 0.0517. The fourth-order valence-corrected chi connectivity index (χ4v) is 5.79. The number of carboxylic acid groups (broad SMARTS) is 2. The lowest BCUT2D eigenvalue weighted by atomic mass is 10.1. The lowest BCUT2D eigenvalue weighted by molar-refractivity contribution is -0.148. The zero-order valence-corrected chi connectivity index (χ0v) is 18.6. The van der Waals surface area contributed by atoms with Crippen LogP contribution in [0, 0.1) is 0 Å². The number of aromatic nitrogens is 1. The van der Waals surface area contributed by atoms with Crippen LogP contribution in [-0.4, -0.2) is 73.6 Å². The van der Waals surface area contributed by atoms with Gasteiger partial charge < -0.3 is 26.0 Å². The number of carbonyl (C=O) groups is 4. The van der Waals surface area contributed by atoms with Crippen LogP contribution in [0.1, 0.15) is 12.1 Å². The highest BCUT2D eigenvalue weighted by Crippen LogP contribution is 2.43. The van der Waals surface area contributed by atoms with Gasteiger partial charge in [-0.2, -0.15) is 0 Å². The first-order valence-electron chi connectivity index (χ1n) is 8.94. The molecule has 2 aliphatic rings. The predicted octanol–water partition coefficient (Wildman–Crippen LogP) is 1.55. The van der Waals surface area contributed by atoms with E-state index in [2.05, 4.69) is 10.3 Å². The summed E-state index contributed by atoms with van der Waals surface area (Å²) in [6.07, 6.45) is -0.896. The number of nitrogens with zero attached hydrogens (tertiary/aromatic N) is 2. The number of thiazole rings is 1. The largest absolute Gasteiger partial charge is 0.512 e. The third-order valence-corrected chi connectivity index (χ3v) is 7.40. The number of rotatable bonds is 9. The summed E-state index contributed by atoms with van der Waals surface area (Å²) in [5.41, 5.74) is 5.72. The number of alkyl halides is 1. The molecule has 0 aromatic carbocycles. The van der Waals surface area contributed by atoms with Crippen molar-refractivity contribution < 1.29 is 38.5 Å². The van der Waals surface area contributed by atoms with Crippen LogP contribution in [0.3, 0.4) is 0 Å². The Morgan fingerprint density at radius 1 is 1.44 bits per heavy atom. The maximum Gasteiger partial charge on any atom is 0.512 e. The number of ether oxygens (including phenoxy) is 1. The Morgan fingerprint density at radius 3 is 2.78 bits per heavy atom. The molecular formula is C17H17FN4O7S3. The number of fused-ring (bicyclic) bond motifs is 1. The van der Waals surface area contributed by atoms with Crippen molar-refractivity contribution in [2.24, 2.45) is 0 Å². The van der Waals surface area contributed by atoms with Gasteiger partial charge in [0.05, 0.1) is 29.3 Å². The molecule has 3 rings (SSSR count). The van der Waals surface area contributed by atoms with E-state index in [-0.39, 0.29) is 33.8 Å². The maximum absolute atomic E-state index is 12.8. The first kappa shape index (κ1) is 23.9. The second-order valence-electron chi connectivity index (χ2n) is 6.28. The lowest BCUT2D eigenvalue weighted by Crippen LogP contribution is -2.70. The molecule has 0 unspecified atom stereocenters. The van der Waals surface area contributed by atoms with Gasteiger partial charge in [-0.15, -0.1) is 34.9 Å². The van der Waals surface area contributed by atoms with Crippen LogP contribution >= 0.6 is 34.9 Å². The second-order valence-corrected chi connectivity index (χ2v) is 9.47. The van der Waals surface area contributed by atoms with E-state index in [4.69, 9.17) is 20.7 Å². The maximum atomic E-state index is 12.8. The average molecular weight is 505 g/mol. The molecule has 0 bridgehead atoms. The molecule has 0 radical (unpaired) electrons. The van der Waals surface area contributed by atoms with Crippen LogP contribution < -0.4 is 11.1 Å². The Kier molecular flexibility index (Phi) is 7.63. The monoisotopic (exact) mass is 504 g/mol. The third kappa shape index (κ3) is 5.16. The molecule has 2 aliphatic heterocycles. The topological polar surface area (TPSA) is 172 Å². The zero-order chi connectivity index (χ0) is 23.4. The third-order valence-electron chi connectivity index (χ3n) is 4.23. The number of halogens is 1. The highest BCUT2D eigenvalue weighted by atomic mass is 32.2. The Bertz CT molecular complexity index is 1010. The Morgan fingerprint density at radius 2 is 2.19 bits per heavy atom. The number of aliphatic carboxylic acids is 1. The van der Waals surface area contributed by atoms with Crippen molar-refractivity contribution in [3.8, 4) is 0 Å². The summed E-state index contributed by atoms with van der Waals surface area (Å²) in [5, 5.41) is 21.5. The van der Waals surface area contributed by atoms with E-state index in [9.17, 15) is 23.6 Å². The molecule has 3 heterocycles. The Balaban J connectivity index is 1.79. The van der Waals surface area contributed by atoms with Crippen molar-refractivity contribution in [1.29, 1.82) is 0 Å². The van der Waals surface area contributed by atoms with Crippen molar-refractivity contribution in [1.82, 2.24) is 15.2 Å². The number of nitrogens with one attached hydrogen (secondary N) is 1. The number of nitrogen functional groups attached to an aromatic ring is 1. The molecule has 0 saturated carbocycles. The molecule has 1 aromatic heterocycles. The Hall–Kier alpha value is -2.78. The van der Waals surface area contributed by atoms with Crippen molar-refractivity contribution in [2.75, 3.05) is 23.9 Å². The number of anilines is 1. The number of β-lactam (4-membered cyclic amide) rings is 1. The van der Waals surface area contributed by atoms with Crippen LogP contribution in [0.2, 0.25) is 0 Å². The molecule has 0 aliphatic carbocycles. The van der Waals surface area contributed by atoms with Crippen LogP contribution in [0.15, 0.2) is 22.2 Å². The van der Waals surface area contributed by atoms with Gasteiger partial charge in [0.1, 0.15) is 11.4 Å². The normalized spacial score (nSPS) is 20.5. The molecule has 1 aromatic rings. The smallest absolute Gasteiger partial charge is 0.481 e. The predicted molar refractivity (Wildman–Crippen MR) is 116 cm³/mol. The summed E-state index contributed by atoms with van der Waals surface area (Å²) in [6.45, 7) is -0.637. The van der Waals surface area contributed by atoms with Crippen LogP contribution in [0.5, 0.6) is 0 Å². The number of nitrogens with two attached hydrogens (primary N) is 1. The molecule has 1 saturated heterocycles. The van der Waals surface area contributed by atoms with Gasteiger partial charge in [-0.1, -0.05) is 6.08 Å². The average Bonchev–Trinajstić information content (AvgIpc) is 3.16. The van der Waals surface area contributed by atoms with Crippen molar-refractivity contribution in [2.45, 2.75) is 17.8 Å². The molecule has 1 fully saturated rings. The molecular weight excluding hydrogens is 487 g/mol. The van der Waals surface area contributed by atoms with E-state index in [0.29, 0.717) is 4.91 Å². The molecule has 0 spiro atoms. The van der Waals surface area contributed by atoms with E-state index in [1.165, 1.54) is 23.2 Å². The molecule has 5 N–H and O–H groups in total. The van der Waals surface area contributed by atoms with Gasteiger partial charge in [0.2, 0.25) is 5.88 Å². The second kappa shape index (κ2) is 10.2. The summed E-state index contributed by atoms with van der Waals surface area (Å²) < 4.78 is 17.3. The SMILES string of the molecule is Nc1nc(C(=CCC(=O)O)C(=O)N[C@@H]2C(=O)N3C(OC(=O)O)=C(SCCF)CS[C@@H]23)cs1. The number of carbonyl (C=O) groups excluding carboxylic acids is 2. The summed E-state index contributed by atoms with van der Waals surface area (Å²) in [5.74, 6) is -2.35. The molecule has 2 atom stereocenters. The van der Waals surface area contributed by atoms with Gasteiger partial charge in [0.25, 0.3) is 11.8 Å². The molecule has 2 amide bonds. The Labute approximate surface area is 192 Å². The van der Waals surface area contributed by atoms with Crippen molar-refractivity contribution >= 4 is 69.5 Å². The summed E-state index contributed by atoms with van der Waals surface area (Å²) in [6, 6.07) is -1.00. The fourth-order valence-electron chi connectivity index (χ4n) is 2.93. The van der Waals surface area contributed by atoms with Gasteiger partial charge in [0, 0.05) is 16.9 Å². The summed E-state index contributed by atoms with van der Waals surface area (Å²) in [7, 11) is 0. The number of hydrogen-bond donors (Lipinski definition) is 4. The minimum atomic E-state index is -1.62. The minimum Gasteiger partial charge on any atom is -0.481 e. The standard InChI is InChI=1S/C17H17FN4O7S3/c18-3-4-30-9-6-31-15-11(13(26)22(15)14(9)29-17(27)28)21-12(25)7(1-2-10(23)24)8-5-32-16(19)20-8/h1,5,11,15H,2-4,6H2,(H2,19,20)(H,21,25)(H,23,24)(H,27,28)/t11-,15+/m1/s1. The molecule has 15 heteroatoms. The molecule has 32 heavy (non-hydrogen) atoms. The highest BCUT2D eigenvalue weighted by molar-refractivity contribution is 8.06. The molecule has 11 nitrogen and oxygen atoms in total. The highest BCUT2D eigenvalue weighted by Gasteiger charge is 2.54. The first-order chi connectivity index (χ1) is 15.2. The lowest BCUT2D eigenvalue weighted by Gasteiger charge is -2.49. The van der Waals surface area contributed by atoms with Crippen molar-refractivity contribution in [3.05, 3.63) is 27.9 Å². The number of hydrogen-bond acceptors (Lipinski definition) is 10. The van der Waals surface area contributed by atoms with E-state index in [1.54, 1.807) is 0 Å². The number of carboxylic acids is 1. The quantitative estimate of drug-likeness (QED) is 0.218. The van der Waals surface area contributed by atoms with Gasteiger partial charge in [-0.05, 0) is 0 Å². The zero-order valence-electron chi connectivity index (χ0n) is 16.1. The van der Waals surface area contributed by atoms with E-state index in [0.717, 1.165) is 28.0 Å². The number of amides is 2. The van der Waals surface area contributed by atoms with E-state index < -0.39 is 48.5 Å². The van der Waals surface area contributed by atoms with Gasteiger partial charge in [-0.3, -0.25) is 23.7 Å².